The Morgan fingerprint density at radius 2 is 1.74 bits per heavy atom. The van der Waals surface area contributed by atoms with Gasteiger partial charge in [-0.25, -0.2) is 12.7 Å². The van der Waals surface area contributed by atoms with Gasteiger partial charge in [0.05, 0.1) is 22.5 Å². The lowest BCUT2D eigenvalue weighted by Crippen LogP contribution is -2.41. The van der Waals surface area contributed by atoms with E-state index < -0.39 is 21.1 Å². The van der Waals surface area contributed by atoms with E-state index in [0.717, 1.165) is 4.31 Å². The standard InChI is InChI=1S/C17H20N4O5S/c1-5-20-14-7-6-13(27(24,25)19(3)4)9-15(14)21(17(23)16(20)22)10-12-8-11(2)26-18-12/h6-9H,5,10H2,1-4H3. The third-order valence-electron chi connectivity index (χ3n) is 4.29. The quantitative estimate of drug-likeness (QED) is 0.594. The maximum Gasteiger partial charge on any atom is 0.317 e. The first-order valence-corrected chi connectivity index (χ1v) is 9.73. The van der Waals surface area contributed by atoms with E-state index in [-0.39, 0.29) is 18.0 Å². The van der Waals surface area contributed by atoms with Crippen LogP contribution in [0.5, 0.6) is 0 Å². The maximum atomic E-state index is 12.7. The molecule has 0 bridgehead atoms. The Bertz CT molecular complexity index is 1230. The number of hydrogen-bond donors (Lipinski definition) is 0. The molecule has 1 aromatic carbocycles. The highest BCUT2D eigenvalue weighted by Gasteiger charge is 2.20. The van der Waals surface area contributed by atoms with Crippen molar-refractivity contribution in [1.29, 1.82) is 0 Å². The monoisotopic (exact) mass is 392 g/mol. The molecule has 0 fully saturated rings. The Kier molecular flexibility index (Phi) is 4.79. The van der Waals surface area contributed by atoms with E-state index in [1.54, 1.807) is 26.0 Å². The predicted octanol–water partition coefficient (Wildman–Crippen LogP) is 0.778. The third-order valence-corrected chi connectivity index (χ3v) is 6.10. The highest BCUT2D eigenvalue weighted by atomic mass is 32.2. The summed E-state index contributed by atoms with van der Waals surface area (Å²) in [5, 5.41) is 3.86. The largest absolute Gasteiger partial charge is 0.361 e. The fraction of sp³-hybridized carbons (Fsp3) is 0.353. The summed E-state index contributed by atoms with van der Waals surface area (Å²) >= 11 is 0. The summed E-state index contributed by atoms with van der Waals surface area (Å²) in [4.78, 5) is 25.2. The summed E-state index contributed by atoms with van der Waals surface area (Å²) in [5.74, 6) is 0.570. The zero-order valence-corrected chi connectivity index (χ0v) is 16.3. The smallest absolute Gasteiger partial charge is 0.317 e. The van der Waals surface area contributed by atoms with Crippen LogP contribution in [-0.2, 0) is 23.1 Å². The molecule has 0 atom stereocenters. The Hall–Kier alpha value is -2.72. The lowest BCUT2D eigenvalue weighted by atomic mass is 10.2. The Morgan fingerprint density at radius 3 is 2.30 bits per heavy atom. The van der Waals surface area contributed by atoms with Crippen molar-refractivity contribution in [1.82, 2.24) is 18.6 Å². The van der Waals surface area contributed by atoms with E-state index in [2.05, 4.69) is 5.16 Å². The van der Waals surface area contributed by atoms with E-state index in [4.69, 9.17) is 4.52 Å². The van der Waals surface area contributed by atoms with Crippen LogP contribution >= 0.6 is 0 Å². The maximum absolute atomic E-state index is 12.7. The average Bonchev–Trinajstić information content (AvgIpc) is 3.03. The summed E-state index contributed by atoms with van der Waals surface area (Å²) in [7, 11) is -0.843. The number of rotatable bonds is 5. The first kappa shape index (κ1) is 19.1. The molecule has 3 rings (SSSR count). The van der Waals surface area contributed by atoms with Gasteiger partial charge in [0.2, 0.25) is 10.0 Å². The SMILES string of the molecule is CCn1c(=O)c(=O)n(Cc2cc(C)on2)c2cc(S(=O)(=O)N(C)C)ccc21. The lowest BCUT2D eigenvalue weighted by molar-refractivity contribution is 0.389. The molecule has 10 heteroatoms. The second-order valence-corrected chi connectivity index (χ2v) is 8.46. The Labute approximate surface area is 155 Å². The number of aryl methyl sites for hydroxylation is 2. The molecule has 144 valence electrons. The minimum absolute atomic E-state index is 0.00205. The van der Waals surface area contributed by atoms with Gasteiger partial charge in [0.1, 0.15) is 11.5 Å². The van der Waals surface area contributed by atoms with Gasteiger partial charge in [-0.05, 0) is 32.0 Å². The molecule has 2 heterocycles. The minimum Gasteiger partial charge on any atom is -0.361 e. The zero-order valence-electron chi connectivity index (χ0n) is 15.5. The number of fused-ring (bicyclic) bond motifs is 1. The summed E-state index contributed by atoms with van der Waals surface area (Å²) in [6.45, 7) is 3.75. The van der Waals surface area contributed by atoms with Crippen molar-refractivity contribution in [2.24, 2.45) is 0 Å². The van der Waals surface area contributed by atoms with E-state index in [9.17, 15) is 18.0 Å². The van der Waals surface area contributed by atoms with E-state index in [0.29, 0.717) is 22.5 Å². The van der Waals surface area contributed by atoms with Crippen molar-refractivity contribution in [3.63, 3.8) is 0 Å². The number of sulfonamides is 1. The molecule has 0 saturated carbocycles. The molecule has 0 saturated heterocycles. The van der Waals surface area contributed by atoms with Gasteiger partial charge >= 0.3 is 11.1 Å². The molecule has 0 radical (unpaired) electrons. The van der Waals surface area contributed by atoms with Crippen LogP contribution in [0.15, 0.2) is 43.3 Å². The van der Waals surface area contributed by atoms with Crippen LogP contribution in [0.1, 0.15) is 18.4 Å². The number of nitrogens with zero attached hydrogens (tertiary/aromatic N) is 4. The molecule has 0 spiro atoms. The van der Waals surface area contributed by atoms with Crippen molar-refractivity contribution in [2.45, 2.75) is 31.8 Å². The van der Waals surface area contributed by atoms with Crippen LogP contribution in [0.2, 0.25) is 0 Å². The van der Waals surface area contributed by atoms with Crippen molar-refractivity contribution >= 4 is 21.1 Å². The van der Waals surface area contributed by atoms with Crippen molar-refractivity contribution in [3.05, 3.63) is 56.4 Å². The molecule has 0 aliphatic rings. The number of hydrogen-bond acceptors (Lipinski definition) is 6. The van der Waals surface area contributed by atoms with E-state index >= 15 is 0 Å². The van der Waals surface area contributed by atoms with Crippen LogP contribution < -0.4 is 11.1 Å². The van der Waals surface area contributed by atoms with Crippen molar-refractivity contribution in [3.8, 4) is 0 Å². The van der Waals surface area contributed by atoms with Crippen LogP contribution in [0.3, 0.4) is 0 Å². The van der Waals surface area contributed by atoms with Gasteiger partial charge in [0, 0.05) is 26.7 Å². The predicted molar refractivity (Wildman–Crippen MR) is 99.4 cm³/mol. The zero-order chi connectivity index (χ0) is 19.9. The van der Waals surface area contributed by atoms with Crippen molar-refractivity contribution in [2.75, 3.05) is 14.1 Å². The third kappa shape index (κ3) is 3.21. The van der Waals surface area contributed by atoms with Gasteiger partial charge in [-0.1, -0.05) is 5.16 Å². The van der Waals surface area contributed by atoms with E-state index in [1.807, 2.05) is 0 Å². The fourth-order valence-electron chi connectivity index (χ4n) is 2.89. The van der Waals surface area contributed by atoms with Gasteiger partial charge in [-0.15, -0.1) is 0 Å². The Balaban J connectivity index is 2.36. The minimum atomic E-state index is -3.70. The molecule has 9 nitrogen and oxygen atoms in total. The molecule has 0 unspecified atom stereocenters. The summed E-state index contributed by atoms with van der Waals surface area (Å²) in [5.41, 5.74) is -0.145. The topological polar surface area (TPSA) is 107 Å². The molecule has 0 aliphatic heterocycles. The highest BCUT2D eigenvalue weighted by molar-refractivity contribution is 7.89. The van der Waals surface area contributed by atoms with Gasteiger partial charge in [-0.3, -0.25) is 14.2 Å². The molecule has 0 N–H and O–H groups in total. The molecule has 0 aliphatic carbocycles. The molecular weight excluding hydrogens is 372 g/mol. The second kappa shape index (κ2) is 6.78. The number of benzene rings is 1. The Morgan fingerprint density at radius 1 is 1.07 bits per heavy atom. The summed E-state index contributed by atoms with van der Waals surface area (Å²) < 4.78 is 33.7. The van der Waals surface area contributed by atoms with Crippen LogP contribution in [0, 0.1) is 6.92 Å². The second-order valence-electron chi connectivity index (χ2n) is 6.31. The fourth-order valence-corrected chi connectivity index (χ4v) is 3.82. The molecular formula is C17H20N4O5S. The van der Waals surface area contributed by atoms with Crippen LogP contribution in [-0.4, -0.2) is 41.1 Å². The first-order chi connectivity index (χ1) is 12.7. The first-order valence-electron chi connectivity index (χ1n) is 8.29. The van der Waals surface area contributed by atoms with Crippen molar-refractivity contribution < 1.29 is 12.9 Å². The lowest BCUT2D eigenvalue weighted by Gasteiger charge is -2.16. The molecule has 3 aromatic rings. The number of aromatic nitrogens is 3. The van der Waals surface area contributed by atoms with Gasteiger partial charge in [0.15, 0.2) is 0 Å². The molecule has 27 heavy (non-hydrogen) atoms. The average molecular weight is 392 g/mol. The van der Waals surface area contributed by atoms with E-state index in [1.165, 1.54) is 35.4 Å². The van der Waals surface area contributed by atoms with Gasteiger partial charge in [0.25, 0.3) is 0 Å². The highest BCUT2D eigenvalue weighted by Crippen LogP contribution is 2.20. The van der Waals surface area contributed by atoms with Crippen LogP contribution in [0.25, 0.3) is 11.0 Å². The normalized spacial score (nSPS) is 12.2. The molecule has 2 aromatic heterocycles. The van der Waals surface area contributed by atoms with Gasteiger partial charge < -0.3 is 9.09 Å². The van der Waals surface area contributed by atoms with Crippen LogP contribution in [0.4, 0.5) is 0 Å². The molecule has 0 amide bonds. The van der Waals surface area contributed by atoms with Gasteiger partial charge in [-0.2, -0.15) is 0 Å². The summed E-state index contributed by atoms with van der Waals surface area (Å²) in [6.07, 6.45) is 0. The summed E-state index contributed by atoms with van der Waals surface area (Å²) in [6, 6.07) is 6.04.